The lowest BCUT2D eigenvalue weighted by atomic mass is 10.2. The van der Waals surface area contributed by atoms with E-state index in [2.05, 4.69) is 10.4 Å². The van der Waals surface area contributed by atoms with Gasteiger partial charge < -0.3 is 14.8 Å². The number of hydrogen-bond acceptors (Lipinski definition) is 4. The van der Waals surface area contributed by atoms with Gasteiger partial charge in [0.25, 0.3) is 0 Å². The third-order valence-electron chi connectivity index (χ3n) is 2.85. The van der Waals surface area contributed by atoms with Gasteiger partial charge in [0.15, 0.2) is 12.1 Å². The zero-order valence-electron chi connectivity index (χ0n) is 10.6. The number of anilines is 1. The number of aryl methyl sites for hydroxylation is 1. The Hall–Kier alpha value is -1.66. The molecule has 6 heteroatoms. The van der Waals surface area contributed by atoms with Crippen molar-refractivity contribution in [2.75, 3.05) is 26.1 Å². The zero-order chi connectivity index (χ0) is 13.1. The Morgan fingerprint density at radius 2 is 2.11 bits per heavy atom. The summed E-state index contributed by atoms with van der Waals surface area (Å²) in [5.41, 5.74) is 1.17. The first kappa shape index (κ1) is 12.8. The van der Waals surface area contributed by atoms with Gasteiger partial charge in [-0.05, 0) is 12.1 Å². The van der Waals surface area contributed by atoms with Gasteiger partial charge in [-0.25, -0.2) is 4.39 Å². The standard InChI is InChI=1S/C12H16FN3O2/c1-16-10-5-4-9(12(13)8(10)6-15-16)14-7-11(17-2)18-3/h4-6,11,14H,7H2,1-3H3. The normalized spacial score (nSPS) is 11.4. The summed E-state index contributed by atoms with van der Waals surface area (Å²) in [6.07, 6.45) is 1.11. The van der Waals surface area contributed by atoms with Crippen LogP contribution < -0.4 is 5.32 Å². The van der Waals surface area contributed by atoms with Crippen LogP contribution in [0.5, 0.6) is 0 Å². The molecule has 98 valence electrons. The highest BCUT2D eigenvalue weighted by Gasteiger charge is 2.12. The molecule has 0 radical (unpaired) electrons. The van der Waals surface area contributed by atoms with Gasteiger partial charge in [0.1, 0.15) is 0 Å². The molecule has 0 amide bonds. The third-order valence-corrected chi connectivity index (χ3v) is 2.85. The molecule has 0 spiro atoms. The molecule has 0 aliphatic heterocycles. The number of methoxy groups -OCH3 is 2. The van der Waals surface area contributed by atoms with Crippen LogP contribution in [-0.4, -0.2) is 36.8 Å². The molecule has 2 rings (SSSR count). The van der Waals surface area contributed by atoms with Gasteiger partial charge in [0.2, 0.25) is 0 Å². The molecule has 0 fully saturated rings. The molecule has 5 nitrogen and oxygen atoms in total. The summed E-state index contributed by atoms with van der Waals surface area (Å²) in [5, 5.41) is 7.47. The monoisotopic (exact) mass is 253 g/mol. The van der Waals surface area contributed by atoms with Crippen LogP contribution in [0.1, 0.15) is 0 Å². The third kappa shape index (κ3) is 2.30. The van der Waals surface area contributed by atoms with E-state index in [1.165, 1.54) is 20.4 Å². The second-order valence-corrected chi connectivity index (χ2v) is 3.91. The molecule has 1 N–H and O–H groups in total. The fourth-order valence-electron chi connectivity index (χ4n) is 1.79. The number of nitrogens with one attached hydrogen (secondary N) is 1. The minimum atomic E-state index is -0.408. The second-order valence-electron chi connectivity index (χ2n) is 3.91. The lowest BCUT2D eigenvalue weighted by Crippen LogP contribution is -2.23. The van der Waals surface area contributed by atoms with Gasteiger partial charge in [0.05, 0.1) is 29.3 Å². The van der Waals surface area contributed by atoms with Crippen LogP contribution in [0.3, 0.4) is 0 Å². The predicted molar refractivity (Wildman–Crippen MR) is 67.0 cm³/mol. The van der Waals surface area contributed by atoms with E-state index < -0.39 is 6.29 Å². The molecule has 0 unspecified atom stereocenters. The van der Waals surface area contributed by atoms with Gasteiger partial charge in [-0.2, -0.15) is 5.10 Å². The predicted octanol–water partition coefficient (Wildman–Crippen LogP) is 1.74. The summed E-state index contributed by atoms with van der Waals surface area (Å²) in [6, 6.07) is 3.50. The Bertz CT molecular complexity index is 537. The molecule has 0 aliphatic rings. The Morgan fingerprint density at radius 3 is 2.78 bits per heavy atom. The number of aromatic nitrogens is 2. The van der Waals surface area contributed by atoms with E-state index in [1.807, 2.05) is 6.07 Å². The van der Waals surface area contributed by atoms with Gasteiger partial charge in [-0.3, -0.25) is 4.68 Å². The summed E-state index contributed by atoms with van der Waals surface area (Å²) >= 11 is 0. The zero-order valence-corrected chi connectivity index (χ0v) is 10.6. The number of benzene rings is 1. The maximum absolute atomic E-state index is 14.1. The Morgan fingerprint density at radius 1 is 1.39 bits per heavy atom. The van der Waals surface area contributed by atoms with Crippen molar-refractivity contribution in [2.24, 2.45) is 7.05 Å². The number of fused-ring (bicyclic) bond motifs is 1. The van der Waals surface area contributed by atoms with Crippen LogP contribution in [-0.2, 0) is 16.5 Å². The second kappa shape index (κ2) is 5.32. The van der Waals surface area contributed by atoms with E-state index in [-0.39, 0.29) is 5.82 Å². The smallest absolute Gasteiger partial charge is 0.173 e. The highest BCUT2D eigenvalue weighted by Crippen LogP contribution is 2.24. The maximum Gasteiger partial charge on any atom is 0.173 e. The lowest BCUT2D eigenvalue weighted by molar-refractivity contribution is -0.0914. The maximum atomic E-state index is 14.1. The molecule has 1 heterocycles. The van der Waals surface area contributed by atoms with E-state index >= 15 is 0 Å². The van der Waals surface area contributed by atoms with E-state index in [1.54, 1.807) is 17.8 Å². The minimum Gasteiger partial charge on any atom is -0.378 e. The van der Waals surface area contributed by atoms with Crippen LogP contribution in [0.4, 0.5) is 10.1 Å². The number of hydrogen-bond donors (Lipinski definition) is 1. The molecule has 0 saturated carbocycles. The number of nitrogens with zero attached hydrogens (tertiary/aromatic N) is 2. The SMILES string of the molecule is COC(CNc1ccc2c(cnn2C)c1F)OC. The van der Waals surface area contributed by atoms with Crippen LogP contribution in [0.25, 0.3) is 10.9 Å². The Labute approximate surface area is 104 Å². The van der Waals surface area contributed by atoms with Crippen molar-refractivity contribution < 1.29 is 13.9 Å². The fourth-order valence-corrected chi connectivity index (χ4v) is 1.79. The number of rotatable bonds is 5. The summed E-state index contributed by atoms with van der Waals surface area (Å²) in [6.45, 7) is 0.371. The summed E-state index contributed by atoms with van der Waals surface area (Å²) in [5.74, 6) is -0.313. The first-order valence-electron chi connectivity index (χ1n) is 5.57. The Kier molecular flexibility index (Phi) is 3.78. The molecule has 2 aromatic rings. The van der Waals surface area contributed by atoms with Crippen molar-refractivity contribution >= 4 is 16.6 Å². The number of halogens is 1. The molecule has 0 aliphatic carbocycles. The van der Waals surface area contributed by atoms with E-state index in [4.69, 9.17) is 9.47 Å². The quantitative estimate of drug-likeness (QED) is 0.825. The minimum absolute atomic E-state index is 0.313. The topological polar surface area (TPSA) is 48.3 Å². The van der Waals surface area contributed by atoms with Gasteiger partial charge in [-0.1, -0.05) is 0 Å². The molecule has 1 aromatic carbocycles. The highest BCUT2D eigenvalue weighted by molar-refractivity contribution is 5.83. The van der Waals surface area contributed by atoms with Crippen LogP contribution in [0.15, 0.2) is 18.3 Å². The molecule has 18 heavy (non-hydrogen) atoms. The van der Waals surface area contributed by atoms with E-state index in [9.17, 15) is 4.39 Å². The molecule has 0 atom stereocenters. The summed E-state index contributed by atoms with van der Waals surface area (Å²) in [7, 11) is 4.85. The average Bonchev–Trinajstić information content (AvgIpc) is 2.76. The first-order valence-corrected chi connectivity index (χ1v) is 5.57. The fraction of sp³-hybridized carbons (Fsp3) is 0.417. The first-order chi connectivity index (χ1) is 8.67. The van der Waals surface area contributed by atoms with Gasteiger partial charge in [-0.15, -0.1) is 0 Å². The van der Waals surface area contributed by atoms with Crippen molar-refractivity contribution in [1.29, 1.82) is 0 Å². The average molecular weight is 253 g/mol. The van der Waals surface area contributed by atoms with Crippen LogP contribution >= 0.6 is 0 Å². The highest BCUT2D eigenvalue weighted by atomic mass is 19.1. The van der Waals surface area contributed by atoms with Crippen LogP contribution in [0, 0.1) is 5.82 Å². The lowest BCUT2D eigenvalue weighted by Gasteiger charge is -2.15. The van der Waals surface area contributed by atoms with E-state index in [0.717, 1.165) is 5.52 Å². The van der Waals surface area contributed by atoms with Gasteiger partial charge >= 0.3 is 0 Å². The van der Waals surface area contributed by atoms with Crippen LogP contribution in [0.2, 0.25) is 0 Å². The van der Waals surface area contributed by atoms with E-state index in [0.29, 0.717) is 17.6 Å². The van der Waals surface area contributed by atoms with Gasteiger partial charge in [0, 0.05) is 21.3 Å². The molecule has 0 bridgehead atoms. The largest absolute Gasteiger partial charge is 0.378 e. The summed E-state index contributed by atoms with van der Waals surface area (Å²) < 4.78 is 25.8. The summed E-state index contributed by atoms with van der Waals surface area (Å²) in [4.78, 5) is 0. The Balaban J connectivity index is 2.21. The molecule has 0 saturated heterocycles. The van der Waals surface area contributed by atoms with Crippen molar-refractivity contribution in [2.45, 2.75) is 6.29 Å². The molecular formula is C12H16FN3O2. The molecule has 1 aromatic heterocycles. The van der Waals surface area contributed by atoms with Crippen molar-refractivity contribution in [3.63, 3.8) is 0 Å². The molecular weight excluding hydrogens is 237 g/mol. The van der Waals surface area contributed by atoms with Crippen molar-refractivity contribution in [3.8, 4) is 0 Å². The van der Waals surface area contributed by atoms with Crippen molar-refractivity contribution in [3.05, 3.63) is 24.1 Å². The number of ether oxygens (including phenoxy) is 2. The van der Waals surface area contributed by atoms with Crippen molar-refractivity contribution in [1.82, 2.24) is 9.78 Å².